The third-order valence-electron chi connectivity index (χ3n) is 3.02. The molecule has 0 aliphatic carbocycles. The van der Waals surface area contributed by atoms with E-state index in [0.717, 1.165) is 31.4 Å². The lowest BCUT2D eigenvalue weighted by Gasteiger charge is -2.23. The first-order valence-electron chi connectivity index (χ1n) is 5.98. The standard InChI is InChI=1S/C12H18N2O2S/c15-11(9-4-6-17-8-9)7-14-12(16)10-3-1-2-5-13-10/h4,6,8,10-11,13,15H,1-3,5,7H2,(H,14,16)/t10-,11?/m0/s1. The van der Waals surface area contributed by atoms with Crippen molar-refractivity contribution < 1.29 is 9.90 Å². The number of aliphatic hydroxyl groups is 1. The van der Waals surface area contributed by atoms with E-state index >= 15 is 0 Å². The molecule has 3 N–H and O–H groups in total. The van der Waals surface area contributed by atoms with Crippen LogP contribution in [-0.4, -0.2) is 30.1 Å². The molecule has 1 aliphatic rings. The number of nitrogens with one attached hydrogen (secondary N) is 2. The minimum absolute atomic E-state index is 0.000945. The van der Waals surface area contributed by atoms with E-state index in [2.05, 4.69) is 10.6 Å². The summed E-state index contributed by atoms with van der Waals surface area (Å²) in [6, 6.07) is 1.79. The highest BCUT2D eigenvalue weighted by molar-refractivity contribution is 7.07. The number of carbonyl (C=O) groups excluding carboxylic acids is 1. The normalized spacial score (nSPS) is 22.1. The van der Waals surface area contributed by atoms with Crippen molar-refractivity contribution in [3.63, 3.8) is 0 Å². The molecule has 1 fully saturated rings. The fourth-order valence-electron chi connectivity index (χ4n) is 1.98. The molecule has 1 aromatic rings. The molecule has 17 heavy (non-hydrogen) atoms. The zero-order chi connectivity index (χ0) is 12.1. The monoisotopic (exact) mass is 254 g/mol. The molecule has 5 heteroatoms. The van der Waals surface area contributed by atoms with Gasteiger partial charge >= 0.3 is 0 Å². The summed E-state index contributed by atoms with van der Waals surface area (Å²) in [6.45, 7) is 1.19. The number of aliphatic hydroxyl groups excluding tert-OH is 1. The molecule has 1 aromatic heterocycles. The summed E-state index contributed by atoms with van der Waals surface area (Å²) < 4.78 is 0. The second kappa shape index (κ2) is 6.14. The second-order valence-corrected chi connectivity index (χ2v) is 5.10. The van der Waals surface area contributed by atoms with E-state index in [1.807, 2.05) is 16.8 Å². The first kappa shape index (κ1) is 12.5. The summed E-state index contributed by atoms with van der Waals surface area (Å²) in [7, 11) is 0. The van der Waals surface area contributed by atoms with Gasteiger partial charge in [0.2, 0.25) is 5.91 Å². The molecular formula is C12H18N2O2S. The molecule has 2 atom stereocenters. The third-order valence-corrected chi connectivity index (χ3v) is 3.73. The van der Waals surface area contributed by atoms with Crippen molar-refractivity contribution in [3.8, 4) is 0 Å². The third kappa shape index (κ3) is 3.52. The van der Waals surface area contributed by atoms with E-state index in [1.54, 1.807) is 11.3 Å². The van der Waals surface area contributed by atoms with Gasteiger partial charge in [-0.05, 0) is 41.8 Å². The number of hydrogen-bond donors (Lipinski definition) is 3. The number of carbonyl (C=O) groups is 1. The molecular weight excluding hydrogens is 236 g/mol. The van der Waals surface area contributed by atoms with Crippen LogP contribution in [0.4, 0.5) is 0 Å². The first-order chi connectivity index (χ1) is 8.27. The SMILES string of the molecule is O=C(NCC(O)c1ccsc1)[C@@H]1CCCCN1. The molecule has 1 aliphatic heterocycles. The summed E-state index contributed by atoms with van der Waals surface area (Å²) in [4.78, 5) is 11.8. The summed E-state index contributed by atoms with van der Waals surface area (Å²) in [5, 5.41) is 19.6. The fraction of sp³-hybridized carbons (Fsp3) is 0.583. The Hall–Kier alpha value is -0.910. The van der Waals surface area contributed by atoms with Crippen molar-refractivity contribution in [1.29, 1.82) is 0 Å². The van der Waals surface area contributed by atoms with Crippen molar-refractivity contribution >= 4 is 17.2 Å². The summed E-state index contributed by atoms with van der Waals surface area (Å²) in [5.41, 5.74) is 0.868. The van der Waals surface area contributed by atoms with Gasteiger partial charge in [-0.1, -0.05) is 6.42 Å². The maximum atomic E-state index is 11.8. The summed E-state index contributed by atoms with van der Waals surface area (Å²) in [5.74, 6) is -0.000945. The van der Waals surface area contributed by atoms with Gasteiger partial charge in [0.25, 0.3) is 0 Å². The Bertz CT molecular complexity index is 347. The number of thiophene rings is 1. The molecule has 0 spiro atoms. The Kier molecular flexibility index (Phi) is 4.53. The molecule has 0 saturated carbocycles. The van der Waals surface area contributed by atoms with Gasteiger partial charge < -0.3 is 15.7 Å². The van der Waals surface area contributed by atoms with Crippen LogP contribution >= 0.6 is 11.3 Å². The molecule has 1 unspecified atom stereocenters. The van der Waals surface area contributed by atoms with Crippen molar-refractivity contribution in [2.75, 3.05) is 13.1 Å². The predicted molar refractivity (Wildman–Crippen MR) is 67.9 cm³/mol. The van der Waals surface area contributed by atoms with Crippen molar-refractivity contribution in [2.45, 2.75) is 31.4 Å². The zero-order valence-electron chi connectivity index (χ0n) is 9.69. The lowest BCUT2D eigenvalue weighted by molar-refractivity contribution is -0.124. The number of rotatable bonds is 4. The topological polar surface area (TPSA) is 61.4 Å². The molecule has 4 nitrogen and oxygen atoms in total. The highest BCUT2D eigenvalue weighted by Gasteiger charge is 2.20. The Morgan fingerprint density at radius 3 is 3.18 bits per heavy atom. The van der Waals surface area contributed by atoms with Gasteiger partial charge in [0, 0.05) is 6.54 Å². The van der Waals surface area contributed by atoms with Crippen LogP contribution in [0.15, 0.2) is 16.8 Å². The van der Waals surface area contributed by atoms with Crippen LogP contribution < -0.4 is 10.6 Å². The van der Waals surface area contributed by atoms with E-state index in [1.165, 1.54) is 0 Å². The smallest absolute Gasteiger partial charge is 0.237 e. The molecule has 0 bridgehead atoms. The Balaban J connectivity index is 1.75. The van der Waals surface area contributed by atoms with Gasteiger partial charge in [0.1, 0.15) is 0 Å². The van der Waals surface area contributed by atoms with Gasteiger partial charge in [0.05, 0.1) is 12.1 Å². The van der Waals surface area contributed by atoms with Crippen LogP contribution in [0.25, 0.3) is 0 Å². The van der Waals surface area contributed by atoms with E-state index < -0.39 is 6.10 Å². The molecule has 1 saturated heterocycles. The van der Waals surface area contributed by atoms with Crippen LogP contribution in [-0.2, 0) is 4.79 Å². The highest BCUT2D eigenvalue weighted by Crippen LogP contribution is 2.15. The average molecular weight is 254 g/mol. The van der Waals surface area contributed by atoms with Crippen molar-refractivity contribution in [2.24, 2.45) is 0 Å². The number of piperidine rings is 1. The Morgan fingerprint density at radius 2 is 2.53 bits per heavy atom. The van der Waals surface area contributed by atoms with Crippen LogP contribution in [0, 0.1) is 0 Å². The largest absolute Gasteiger partial charge is 0.387 e. The average Bonchev–Trinajstić information content (AvgIpc) is 2.90. The van der Waals surface area contributed by atoms with Crippen molar-refractivity contribution in [3.05, 3.63) is 22.4 Å². The lowest BCUT2D eigenvalue weighted by atomic mass is 10.0. The number of amides is 1. The van der Waals surface area contributed by atoms with E-state index in [4.69, 9.17) is 0 Å². The van der Waals surface area contributed by atoms with Crippen LogP contribution in [0.3, 0.4) is 0 Å². The van der Waals surface area contributed by atoms with Crippen LogP contribution in [0.1, 0.15) is 30.9 Å². The summed E-state index contributed by atoms with van der Waals surface area (Å²) in [6.07, 6.45) is 2.52. The van der Waals surface area contributed by atoms with Crippen LogP contribution in [0.5, 0.6) is 0 Å². The highest BCUT2D eigenvalue weighted by atomic mass is 32.1. The number of hydrogen-bond acceptors (Lipinski definition) is 4. The molecule has 2 rings (SSSR count). The molecule has 1 amide bonds. The maximum Gasteiger partial charge on any atom is 0.237 e. The fourth-order valence-corrected chi connectivity index (χ4v) is 2.69. The van der Waals surface area contributed by atoms with Gasteiger partial charge in [-0.25, -0.2) is 0 Å². The minimum atomic E-state index is -0.603. The first-order valence-corrected chi connectivity index (χ1v) is 6.93. The maximum absolute atomic E-state index is 11.8. The van der Waals surface area contributed by atoms with E-state index in [9.17, 15) is 9.90 Å². The van der Waals surface area contributed by atoms with Gasteiger partial charge in [0.15, 0.2) is 0 Å². The molecule has 94 valence electrons. The van der Waals surface area contributed by atoms with Crippen LogP contribution in [0.2, 0.25) is 0 Å². The van der Waals surface area contributed by atoms with E-state index in [-0.39, 0.29) is 18.5 Å². The zero-order valence-corrected chi connectivity index (χ0v) is 10.5. The van der Waals surface area contributed by atoms with Gasteiger partial charge in [-0.3, -0.25) is 4.79 Å². The Labute approximate surface area is 105 Å². The van der Waals surface area contributed by atoms with Crippen molar-refractivity contribution in [1.82, 2.24) is 10.6 Å². The Morgan fingerprint density at radius 1 is 1.65 bits per heavy atom. The predicted octanol–water partition coefficient (Wildman–Crippen LogP) is 1.04. The lowest BCUT2D eigenvalue weighted by Crippen LogP contribution is -2.47. The summed E-state index contributed by atoms with van der Waals surface area (Å²) >= 11 is 1.55. The van der Waals surface area contributed by atoms with Gasteiger partial charge in [-0.15, -0.1) is 0 Å². The molecule has 0 radical (unpaired) electrons. The quantitative estimate of drug-likeness (QED) is 0.752. The molecule has 0 aromatic carbocycles. The van der Waals surface area contributed by atoms with E-state index in [0.29, 0.717) is 0 Å². The second-order valence-electron chi connectivity index (χ2n) is 4.32. The van der Waals surface area contributed by atoms with Gasteiger partial charge in [-0.2, -0.15) is 11.3 Å². The molecule has 2 heterocycles. The minimum Gasteiger partial charge on any atom is -0.387 e.